The molecule has 0 spiro atoms. The summed E-state index contributed by atoms with van der Waals surface area (Å²) in [5, 5.41) is 11.6. The standard InChI is InChI=1S/C14H14N4O4S/c15-11-5-7-12(8-6-11)23(21,22)16-14-9-10-3-1-2-4-13(10)17(14)18(19)20/h1-8,14,16H,9,15H2. The van der Waals surface area contributed by atoms with Gasteiger partial charge >= 0.3 is 0 Å². The van der Waals surface area contributed by atoms with Crippen molar-refractivity contribution in [3.8, 4) is 0 Å². The number of benzene rings is 2. The lowest BCUT2D eigenvalue weighted by Crippen LogP contribution is -2.49. The van der Waals surface area contributed by atoms with Crippen LogP contribution in [0.1, 0.15) is 5.56 Å². The van der Waals surface area contributed by atoms with Crippen LogP contribution in [0.2, 0.25) is 0 Å². The number of nitrogens with one attached hydrogen (secondary N) is 1. The maximum absolute atomic E-state index is 12.4. The smallest absolute Gasteiger partial charge is 0.242 e. The number of para-hydroxylation sites is 1. The second-order valence-corrected chi connectivity index (χ2v) is 6.84. The number of nitro groups is 1. The molecule has 1 heterocycles. The Morgan fingerprint density at radius 2 is 1.83 bits per heavy atom. The van der Waals surface area contributed by atoms with E-state index < -0.39 is 21.2 Å². The number of fused-ring (bicyclic) bond motifs is 1. The molecule has 1 aliphatic heterocycles. The zero-order valence-electron chi connectivity index (χ0n) is 11.9. The Labute approximate surface area is 132 Å². The second kappa shape index (κ2) is 5.52. The van der Waals surface area contributed by atoms with Crippen LogP contribution < -0.4 is 15.5 Å². The van der Waals surface area contributed by atoms with Gasteiger partial charge < -0.3 is 5.73 Å². The normalized spacial score (nSPS) is 17.0. The van der Waals surface area contributed by atoms with Crippen molar-refractivity contribution < 1.29 is 13.5 Å². The molecular weight excluding hydrogens is 320 g/mol. The van der Waals surface area contributed by atoms with Crippen LogP contribution in [0, 0.1) is 10.1 Å². The van der Waals surface area contributed by atoms with Gasteiger partial charge in [-0.15, -0.1) is 0 Å². The van der Waals surface area contributed by atoms with E-state index in [0.29, 0.717) is 16.9 Å². The van der Waals surface area contributed by atoms with E-state index in [1.165, 1.54) is 24.3 Å². The number of rotatable bonds is 4. The number of anilines is 2. The largest absolute Gasteiger partial charge is 0.399 e. The third-order valence-corrected chi connectivity index (χ3v) is 5.08. The summed E-state index contributed by atoms with van der Waals surface area (Å²) >= 11 is 0. The summed E-state index contributed by atoms with van der Waals surface area (Å²) < 4.78 is 27.2. The van der Waals surface area contributed by atoms with Crippen molar-refractivity contribution in [1.82, 2.24) is 4.72 Å². The summed E-state index contributed by atoms with van der Waals surface area (Å²) in [5.41, 5.74) is 7.08. The van der Waals surface area contributed by atoms with Crippen molar-refractivity contribution >= 4 is 21.4 Å². The quantitative estimate of drug-likeness (QED) is 0.491. The number of nitrogens with zero attached hydrogens (tertiary/aromatic N) is 2. The van der Waals surface area contributed by atoms with E-state index in [4.69, 9.17) is 5.73 Å². The van der Waals surface area contributed by atoms with Crippen LogP contribution in [-0.2, 0) is 16.4 Å². The van der Waals surface area contributed by atoms with Crippen molar-refractivity contribution in [3.05, 3.63) is 64.2 Å². The molecule has 3 rings (SSSR count). The summed E-state index contributed by atoms with van der Waals surface area (Å²) in [5.74, 6) is 0. The summed E-state index contributed by atoms with van der Waals surface area (Å²) in [6, 6.07) is 12.4. The first-order valence-corrected chi connectivity index (χ1v) is 8.26. The maximum atomic E-state index is 12.4. The van der Waals surface area contributed by atoms with Gasteiger partial charge in [0.05, 0.1) is 4.90 Å². The molecule has 0 bridgehead atoms. The van der Waals surface area contributed by atoms with E-state index in [1.807, 2.05) is 0 Å². The lowest BCUT2D eigenvalue weighted by molar-refractivity contribution is -0.499. The van der Waals surface area contributed by atoms with Crippen molar-refractivity contribution in [2.24, 2.45) is 0 Å². The van der Waals surface area contributed by atoms with Gasteiger partial charge in [-0.3, -0.25) is 0 Å². The zero-order valence-corrected chi connectivity index (χ0v) is 12.7. The topological polar surface area (TPSA) is 119 Å². The van der Waals surface area contributed by atoms with Gasteiger partial charge in [0.1, 0.15) is 5.69 Å². The molecule has 2 aromatic rings. The van der Waals surface area contributed by atoms with Gasteiger partial charge in [0.2, 0.25) is 10.0 Å². The second-order valence-electron chi connectivity index (χ2n) is 5.12. The number of hydrazine groups is 1. The van der Waals surface area contributed by atoms with Gasteiger partial charge in [-0.1, -0.05) is 23.2 Å². The summed E-state index contributed by atoms with van der Waals surface area (Å²) in [6.07, 6.45) is -0.768. The highest BCUT2D eigenvalue weighted by Gasteiger charge is 2.39. The molecular formula is C14H14N4O4S. The Hall–Kier alpha value is -2.65. The SMILES string of the molecule is Nc1ccc(S(=O)(=O)NC2Cc3ccccc3N2[N+](=O)[O-])cc1. The van der Waals surface area contributed by atoms with Crippen molar-refractivity contribution in [2.45, 2.75) is 17.5 Å². The average Bonchev–Trinajstić information content (AvgIpc) is 2.84. The minimum absolute atomic E-state index is 0.00551. The molecule has 1 aliphatic rings. The first-order valence-electron chi connectivity index (χ1n) is 6.78. The molecule has 0 amide bonds. The zero-order chi connectivity index (χ0) is 16.6. The fourth-order valence-corrected chi connectivity index (χ4v) is 3.73. The highest BCUT2D eigenvalue weighted by molar-refractivity contribution is 7.89. The van der Waals surface area contributed by atoms with Crippen LogP contribution >= 0.6 is 0 Å². The molecule has 23 heavy (non-hydrogen) atoms. The molecule has 120 valence electrons. The Balaban J connectivity index is 1.91. The van der Waals surface area contributed by atoms with Gasteiger partial charge in [0.15, 0.2) is 11.2 Å². The monoisotopic (exact) mass is 334 g/mol. The molecule has 0 saturated carbocycles. The number of nitrogens with two attached hydrogens (primary N) is 1. The molecule has 1 atom stereocenters. The van der Waals surface area contributed by atoms with Crippen molar-refractivity contribution in [2.75, 3.05) is 10.7 Å². The minimum Gasteiger partial charge on any atom is -0.399 e. The van der Waals surface area contributed by atoms with Crippen molar-refractivity contribution in [1.29, 1.82) is 0 Å². The van der Waals surface area contributed by atoms with Gasteiger partial charge in [0, 0.05) is 12.1 Å². The molecule has 0 saturated heterocycles. The molecule has 0 radical (unpaired) electrons. The van der Waals surface area contributed by atoms with Crippen LogP contribution in [0.3, 0.4) is 0 Å². The van der Waals surface area contributed by atoms with Crippen LogP contribution in [0.5, 0.6) is 0 Å². The summed E-state index contributed by atoms with van der Waals surface area (Å²) in [4.78, 5) is 11.3. The van der Waals surface area contributed by atoms with Crippen LogP contribution in [0.4, 0.5) is 11.4 Å². The van der Waals surface area contributed by atoms with Crippen molar-refractivity contribution in [3.63, 3.8) is 0 Å². The molecule has 2 aromatic carbocycles. The van der Waals surface area contributed by atoms with E-state index in [-0.39, 0.29) is 11.3 Å². The maximum Gasteiger partial charge on any atom is 0.242 e. The Morgan fingerprint density at radius 1 is 1.17 bits per heavy atom. The number of sulfonamides is 1. The third-order valence-electron chi connectivity index (χ3n) is 3.60. The van der Waals surface area contributed by atoms with Gasteiger partial charge in [0.25, 0.3) is 0 Å². The van der Waals surface area contributed by atoms with Crippen LogP contribution in [0.25, 0.3) is 0 Å². The van der Waals surface area contributed by atoms with E-state index in [9.17, 15) is 18.5 Å². The number of hydrogen-bond acceptors (Lipinski definition) is 5. The lowest BCUT2D eigenvalue weighted by atomic mass is 10.2. The summed E-state index contributed by atoms with van der Waals surface area (Å²) in [6.45, 7) is 0. The third kappa shape index (κ3) is 2.83. The minimum atomic E-state index is -3.90. The molecule has 8 nitrogen and oxygen atoms in total. The van der Waals surface area contributed by atoms with Gasteiger partial charge in [-0.05, 0) is 35.9 Å². The fraction of sp³-hybridized carbons (Fsp3) is 0.143. The molecule has 3 N–H and O–H groups in total. The predicted octanol–water partition coefficient (Wildman–Crippen LogP) is 1.13. The van der Waals surface area contributed by atoms with Gasteiger partial charge in [-0.2, -0.15) is 4.72 Å². The van der Waals surface area contributed by atoms with E-state index in [0.717, 1.165) is 5.01 Å². The highest BCUT2D eigenvalue weighted by Crippen LogP contribution is 2.31. The summed E-state index contributed by atoms with van der Waals surface area (Å²) in [7, 11) is -3.90. The Morgan fingerprint density at radius 3 is 2.48 bits per heavy atom. The first kappa shape index (κ1) is 15.3. The molecule has 0 aromatic heterocycles. The van der Waals surface area contributed by atoms with Gasteiger partial charge in [-0.25, -0.2) is 18.5 Å². The van der Waals surface area contributed by atoms with E-state index in [2.05, 4.69) is 4.72 Å². The van der Waals surface area contributed by atoms with Crippen LogP contribution in [-0.4, -0.2) is 19.6 Å². The average molecular weight is 334 g/mol. The molecule has 0 aliphatic carbocycles. The molecule has 9 heteroatoms. The van der Waals surface area contributed by atoms with Crippen LogP contribution in [0.15, 0.2) is 53.4 Å². The highest BCUT2D eigenvalue weighted by atomic mass is 32.2. The lowest BCUT2D eigenvalue weighted by Gasteiger charge is -2.18. The van der Waals surface area contributed by atoms with E-state index >= 15 is 0 Å². The first-order chi connectivity index (χ1) is 10.9. The molecule has 1 unspecified atom stereocenters. The fourth-order valence-electron chi connectivity index (χ4n) is 2.56. The molecule has 0 fully saturated rings. The number of hydrogen-bond donors (Lipinski definition) is 2. The Kier molecular flexibility index (Phi) is 3.66. The Bertz CT molecular complexity index is 851. The number of nitrogen functional groups attached to an aromatic ring is 1. The predicted molar refractivity (Wildman–Crippen MR) is 84.6 cm³/mol. The van der Waals surface area contributed by atoms with E-state index in [1.54, 1.807) is 24.3 Å².